The number of aromatic nitrogens is 2. The highest BCUT2D eigenvalue weighted by atomic mass is 19.3. The molecule has 1 aromatic carbocycles. The Hall–Kier alpha value is -2.95. The summed E-state index contributed by atoms with van der Waals surface area (Å²) < 4.78 is 31.3. The van der Waals surface area contributed by atoms with Gasteiger partial charge in [0.2, 0.25) is 0 Å². The Morgan fingerprint density at radius 3 is 2.61 bits per heavy atom. The minimum atomic E-state index is -3.02. The molecular formula is C15H13F2N3O3. The molecule has 2 rings (SSSR count). The van der Waals surface area contributed by atoms with E-state index < -0.39 is 17.9 Å². The van der Waals surface area contributed by atoms with Crippen molar-refractivity contribution in [3.8, 4) is 11.8 Å². The Labute approximate surface area is 129 Å². The molecule has 8 heteroatoms. The van der Waals surface area contributed by atoms with Gasteiger partial charge >= 0.3 is 12.3 Å². The Bertz CT molecular complexity index is 865. The largest absolute Gasteiger partial charge is 0.434 e. The van der Waals surface area contributed by atoms with E-state index in [-0.39, 0.29) is 30.0 Å². The van der Waals surface area contributed by atoms with Gasteiger partial charge in [-0.05, 0) is 13.0 Å². The topological polar surface area (TPSA) is 77.0 Å². The van der Waals surface area contributed by atoms with Gasteiger partial charge in [0.25, 0.3) is 5.56 Å². The average molecular weight is 321 g/mol. The average Bonchev–Trinajstić information content (AvgIpc) is 2.52. The first kappa shape index (κ1) is 16.4. The first-order valence-electron chi connectivity index (χ1n) is 6.75. The number of hydrogen-bond donors (Lipinski definition) is 0. The molecule has 0 bridgehead atoms. The summed E-state index contributed by atoms with van der Waals surface area (Å²) in [5, 5.41) is 8.99. The molecule has 0 spiro atoms. The van der Waals surface area contributed by atoms with Crippen molar-refractivity contribution < 1.29 is 13.5 Å². The second-order valence-electron chi connectivity index (χ2n) is 4.60. The van der Waals surface area contributed by atoms with E-state index in [0.717, 1.165) is 4.57 Å². The Kier molecular flexibility index (Phi) is 4.91. The van der Waals surface area contributed by atoms with Crippen LogP contribution in [0.25, 0.3) is 0 Å². The van der Waals surface area contributed by atoms with Crippen LogP contribution in [0.3, 0.4) is 0 Å². The smallest absolute Gasteiger partial charge is 0.387 e. The summed E-state index contributed by atoms with van der Waals surface area (Å²) in [6, 6.07) is 7.59. The molecule has 120 valence electrons. The number of aryl methyl sites for hydroxylation is 1. The SMILES string of the molecule is CCn1cc(C#N)c(=O)n(Cc2ccccc2OC(F)F)c1=O. The maximum atomic E-state index is 12.4. The highest BCUT2D eigenvalue weighted by Gasteiger charge is 2.14. The molecule has 0 amide bonds. The summed E-state index contributed by atoms with van der Waals surface area (Å²) in [4.78, 5) is 24.4. The number of para-hydroxylation sites is 1. The summed E-state index contributed by atoms with van der Waals surface area (Å²) in [5.74, 6) is -0.126. The van der Waals surface area contributed by atoms with Gasteiger partial charge in [-0.15, -0.1) is 0 Å². The fourth-order valence-electron chi connectivity index (χ4n) is 2.11. The number of nitrogens with zero attached hydrogens (tertiary/aromatic N) is 3. The molecule has 2 aromatic rings. The molecule has 0 saturated carbocycles. The third-order valence-corrected chi connectivity index (χ3v) is 3.22. The normalized spacial score (nSPS) is 10.6. The third-order valence-electron chi connectivity index (χ3n) is 3.22. The summed E-state index contributed by atoms with van der Waals surface area (Å²) in [6.07, 6.45) is 1.18. The van der Waals surface area contributed by atoms with Crippen molar-refractivity contribution in [3.63, 3.8) is 0 Å². The van der Waals surface area contributed by atoms with Crippen molar-refractivity contribution in [1.29, 1.82) is 5.26 Å². The standard InChI is InChI=1S/C15H13F2N3O3/c1-2-19-8-11(7-18)13(21)20(15(19)22)9-10-5-3-4-6-12(10)23-14(16)17/h3-6,8,14H,2,9H2,1H3. The molecule has 0 aliphatic heterocycles. The van der Waals surface area contributed by atoms with Crippen LogP contribution < -0.4 is 16.0 Å². The summed E-state index contributed by atoms with van der Waals surface area (Å²) in [5.41, 5.74) is -1.35. The van der Waals surface area contributed by atoms with E-state index in [2.05, 4.69) is 4.74 Å². The van der Waals surface area contributed by atoms with Crippen molar-refractivity contribution in [3.05, 3.63) is 62.4 Å². The van der Waals surface area contributed by atoms with E-state index in [1.165, 1.54) is 29.0 Å². The number of rotatable bonds is 5. The summed E-state index contributed by atoms with van der Waals surface area (Å²) in [6.45, 7) is -1.34. The highest BCUT2D eigenvalue weighted by molar-refractivity contribution is 5.34. The van der Waals surface area contributed by atoms with Gasteiger partial charge in [0.1, 0.15) is 17.4 Å². The molecule has 0 unspecified atom stereocenters. The van der Waals surface area contributed by atoms with Crippen LogP contribution in [0.2, 0.25) is 0 Å². The fraction of sp³-hybridized carbons (Fsp3) is 0.267. The van der Waals surface area contributed by atoms with Crippen LogP contribution in [0.15, 0.2) is 40.1 Å². The van der Waals surface area contributed by atoms with E-state index in [9.17, 15) is 18.4 Å². The number of ether oxygens (including phenoxy) is 1. The number of alkyl halides is 2. The van der Waals surface area contributed by atoms with E-state index in [4.69, 9.17) is 5.26 Å². The first-order chi connectivity index (χ1) is 11.0. The van der Waals surface area contributed by atoms with Crippen LogP contribution in [-0.4, -0.2) is 15.7 Å². The van der Waals surface area contributed by atoms with Crippen LogP contribution in [0, 0.1) is 11.3 Å². The molecule has 0 fully saturated rings. The van der Waals surface area contributed by atoms with Crippen LogP contribution in [0.1, 0.15) is 18.1 Å². The van der Waals surface area contributed by atoms with Crippen LogP contribution in [-0.2, 0) is 13.1 Å². The molecule has 0 aliphatic rings. The van der Waals surface area contributed by atoms with Crippen LogP contribution in [0.5, 0.6) is 5.75 Å². The molecular weight excluding hydrogens is 308 g/mol. The third kappa shape index (κ3) is 3.45. The lowest BCUT2D eigenvalue weighted by molar-refractivity contribution is -0.0505. The Morgan fingerprint density at radius 1 is 1.30 bits per heavy atom. The summed E-state index contributed by atoms with van der Waals surface area (Å²) >= 11 is 0. The van der Waals surface area contributed by atoms with Gasteiger partial charge in [-0.1, -0.05) is 18.2 Å². The maximum absolute atomic E-state index is 12.4. The minimum absolute atomic E-state index is 0.126. The summed E-state index contributed by atoms with van der Waals surface area (Å²) in [7, 11) is 0. The predicted octanol–water partition coefficient (Wildman–Crippen LogP) is 1.55. The van der Waals surface area contributed by atoms with Crippen molar-refractivity contribution >= 4 is 0 Å². The monoisotopic (exact) mass is 321 g/mol. The second kappa shape index (κ2) is 6.87. The van der Waals surface area contributed by atoms with Crippen molar-refractivity contribution in [1.82, 2.24) is 9.13 Å². The van der Waals surface area contributed by atoms with Gasteiger partial charge in [-0.3, -0.25) is 13.9 Å². The van der Waals surface area contributed by atoms with Gasteiger partial charge in [-0.2, -0.15) is 14.0 Å². The van der Waals surface area contributed by atoms with Crippen LogP contribution in [0.4, 0.5) is 8.78 Å². The number of nitriles is 1. The van der Waals surface area contributed by atoms with Gasteiger partial charge in [-0.25, -0.2) is 4.79 Å². The maximum Gasteiger partial charge on any atom is 0.387 e. The number of halogens is 2. The van der Waals surface area contributed by atoms with Crippen molar-refractivity contribution in [2.45, 2.75) is 26.6 Å². The van der Waals surface area contributed by atoms with Gasteiger partial charge in [0.05, 0.1) is 6.54 Å². The number of benzene rings is 1. The second-order valence-corrected chi connectivity index (χ2v) is 4.60. The molecule has 0 atom stereocenters. The molecule has 0 N–H and O–H groups in total. The molecule has 0 radical (unpaired) electrons. The zero-order valence-electron chi connectivity index (χ0n) is 12.2. The van der Waals surface area contributed by atoms with E-state index in [1.807, 2.05) is 0 Å². The predicted molar refractivity (Wildman–Crippen MR) is 77.5 cm³/mol. The van der Waals surface area contributed by atoms with E-state index >= 15 is 0 Å². The quantitative estimate of drug-likeness (QED) is 0.837. The van der Waals surface area contributed by atoms with Crippen molar-refractivity contribution in [2.75, 3.05) is 0 Å². The van der Waals surface area contributed by atoms with E-state index in [0.29, 0.717) is 0 Å². The lowest BCUT2D eigenvalue weighted by Crippen LogP contribution is -2.41. The van der Waals surface area contributed by atoms with E-state index in [1.54, 1.807) is 19.1 Å². The molecule has 23 heavy (non-hydrogen) atoms. The van der Waals surface area contributed by atoms with Gasteiger partial charge in [0, 0.05) is 18.3 Å². The highest BCUT2D eigenvalue weighted by Crippen LogP contribution is 2.20. The first-order valence-corrected chi connectivity index (χ1v) is 6.75. The zero-order chi connectivity index (χ0) is 17.0. The zero-order valence-corrected chi connectivity index (χ0v) is 12.2. The lowest BCUT2D eigenvalue weighted by atomic mass is 10.2. The molecule has 1 heterocycles. The Morgan fingerprint density at radius 2 is 2.00 bits per heavy atom. The van der Waals surface area contributed by atoms with Crippen molar-refractivity contribution in [2.24, 2.45) is 0 Å². The lowest BCUT2D eigenvalue weighted by Gasteiger charge is -2.13. The molecule has 1 aromatic heterocycles. The fourth-order valence-corrected chi connectivity index (χ4v) is 2.11. The molecule has 0 saturated heterocycles. The Balaban J connectivity index is 2.56. The van der Waals surface area contributed by atoms with Gasteiger partial charge < -0.3 is 4.74 Å². The molecule has 0 aliphatic carbocycles. The van der Waals surface area contributed by atoms with Crippen LogP contribution >= 0.6 is 0 Å². The number of hydrogen-bond acceptors (Lipinski definition) is 4. The molecule has 6 nitrogen and oxygen atoms in total. The van der Waals surface area contributed by atoms with Gasteiger partial charge in [0.15, 0.2) is 0 Å². The minimum Gasteiger partial charge on any atom is -0.434 e.